The number of methoxy groups -OCH3 is 2. The predicted molar refractivity (Wildman–Crippen MR) is 70.4 cm³/mol. The van der Waals surface area contributed by atoms with Gasteiger partial charge in [-0.05, 0) is 24.6 Å². The van der Waals surface area contributed by atoms with Crippen LogP contribution in [0.2, 0.25) is 0 Å². The van der Waals surface area contributed by atoms with Crippen LogP contribution in [0.5, 0.6) is 17.2 Å². The van der Waals surface area contributed by atoms with E-state index in [1.54, 1.807) is 26.4 Å². The zero-order valence-corrected chi connectivity index (χ0v) is 11.2. The summed E-state index contributed by atoms with van der Waals surface area (Å²) < 4.78 is 16.2. The lowest BCUT2D eigenvalue weighted by molar-refractivity contribution is 0.267. The monoisotopic (exact) mass is 252 g/mol. The van der Waals surface area contributed by atoms with Crippen molar-refractivity contribution in [2.75, 3.05) is 20.8 Å². The Morgan fingerprint density at radius 3 is 2.17 bits per heavy atom. The second-order valence-corrected chi connectivity index (χ2v) is 4.04. The van der Waals surface area contributed by atoms with Crippen LogP contribution in [-0.2, 0) is 6.61 Å². The van der Waals surface area contributed by atoms with Crippen LogP contribution in [0.4, 0.5) is 0 Å². The topological polar surface area (TPSA) is 47.9 Å². The lowest BCUT2D eigenvalue weighted by Gasteiger charge is -2.15. The molecule has 0 heterocycles. The summed E-state index contributed by atoms with van der Waals surface area (Å²) in [7, 11) is 3.11. The minimum absolute atomic E-state index is 0.0707. The molecule has 0 saturated heterocycles. The molecule has 4 heteroatoms. The number of benzene rings is 1. The van der Waals surface area contributed by atoms with Gasteiger partial charge in [0.1, 0.15) is 0 Å². The maximum atomic E-state index is 9.15. The molecule has 1 aromatic carbocycles. The van der Waals surface area contributed by atoms with E-state index in [2.05, 4.69) is 6.58 Å². The van der Waals surface area contributed by atoms with E-state index in [0.29, 0.717) is 23.9 Å². The average Bonchev–Trinajstić information content (AvgIpc) is 2.37. The molecule has 0 bridgehead atoms. The molecule has 18 heavy (non-hydrogen) atoms. The largest absolute Gasteiger partial charge is 0.493 e. The normalized spacial score (nSPS) is 10.0. The predicted octanol–water partition coefficient (Wildman–Crippen LogP) is 2.54. The molecule has 0 fully saturated rings. The molecule has 0 radical (unpaired) electrons. The van der Waals surface area contributed by atoms with E-state index < -0.39 is 0 Å². The zero-order valence-electron chi connectivity index (χ0n) is 11.2. The van der Waals surface area contributed by atoms with Gasteiger partial charge in [-0.15, -0.1) is 6.58 Å². The summed E-state index contributed by atoms with van der Waals surface area (Å²) in [6.07, 6.45) is 0.772. The second kappa shape index (κ2) is 6.91. The fourth-order valence-corrected chi connectivity index (χ4v) is 1.50. The summed E-state index contributed by atoms with van der Waals surface area (Å²) in [6.45, 7) is 6.22. The van der Waals surface area contributed by atoms with Crippen molar-refractivity contribution in [3.63, 3.8) is 0 Å². The number of aliphatic hydroxyl groups is 1. The van der Waals surface area contributed by atoms with Crippen molar-refractivity contribution in [3.05, 3.63) is 29.8 Å². The van der Waals surface area contributed by atoms with Crippen molar-refractivity contribution in [1.82, 2.24) is 0 Å². The van der Waals surface area contributed by atoms with E-state index in [-0.39, 0.29) is 6.61 Å². The van der Waals surface area contributed by atoms with Gasteiger partial charge in [-0.3, -0.25) is 0 Å². The Labute approximate surface area is 108 Å². The molecule has 4 nitrogen and oxygen atoms in total. The number of rotatable bonds is 7. The Morgan fingerprint density at radius 2 is 1.78 bits per heavy atom. The van der Waals surface area contributed by atoms with Gasteiger partial charge >= 0.3 is 0 Å². The Kier molecular flexibility index (Phi) is 5.52. The van der Waals surface area contributed by atoms with Crippen LogP contribution in [0.1, 0.15) is 18.9 Å². The SMILES string of the molecule is C=C(C)CCOc1c(OC)cc(CO)cc1OC. The first-order valence-corrected chi connectivity index (χ1v) is 5.75. The van der Waals surface area contributed by atoms with Gasteiger partial charge in [-0.1, -0.05) is 5.57 Å². The molecule has 0 unspecified atom stereocenters. The Hall–Kier alpha value is -1.68. The van der Waals surface area contributed by atoms with Gasteiger partial charge in [-0.2, -0.15) is 0 Å². The first kappa shape index (κ1) is 14.4. The smallest absolute Gasteiger partial charge is 0.203 e. The average molecular weight is 252 g/mol. The molecule has 0 aliphatic carbocycles. The van der Waals surface area contributed by atoms with Crippen molar-refractivity contribution in [2.24, 2.45) is 0 Å². The third-order valence-corrected chi connectivity index (χ3v) is 2.48. The molecule has 0 amide bonds. The molecule has 0 aliphatic heterocycles. The number of ether oxygens (including phenoxy) is 3. The highest BCUT2D eigenvalue weighted by Gasteiger charge is 2.13. The van der Waals surface area contributed by atoms with Gasteiger partial charge in [-0.25, -0.2) is 0 Å². The van der Waals surface area contributed by atoms with Crippen LogP contribution < -0.4 is 14.2 Å². The van der Waals surface area contributed by atoms with Crippen molar-refractivity contribution in [1.29, 1.82) is 0 Å². The van der Waals surface area contributed by atoms with E-state index in [1.165, 1.54) is 0 Å². The molecule has 0 aliphatic rings. The van der Waals surface area contributed by atoms with Gasteiger partial charge in [0, 0.05) is 6.42 Å². The Bertz CT molecular complexity index is 387. The molecular formula is C14H20O4. The summed E-state index contributed by atoms with van der Waals surface area (Å²) >= 11 is 0. The van der Waals surface area contributed by atoms with Crippen LogP contribution in [-0.4, -0.2) is 25.9 Å². The quantitative estimate of drug-likeness (QED) is 0.758. The minimum atomic E-state index is -0.0707. The fourth-order valence-electron chi connectivity index (χ4n) is 1.50. The molecule has 0 atom stereocenters. The Morgan fingerprint density at radius 1 is 1.22 bits per heavy atom. The van der Waals surface area contributed by atoms with E-state index >= 15 is 0 Å². The first-order chi connectivity index (χ1) is 8.62. The van der Waals surface area contributed by atoms with Crippen LogP contribution in [0.15, 0.2) is 24.3 Å². The maximum absolute atomic E-state index is 9.15. The molecule has 1 N–H and O–H groups in total. The second-order valence-electron chi connectivity index (χ2n) is 4.04. The van der Waals surface area contributed by atoms with Crippen LogP contribution in [0, 0.1) is 0 Å². The molecule has 100 valence electrons. The summed E-state index contributed by atoms with van der Waals surface area (Å²) in [6, 6.07) is 3.47. The minimum Gasteiger partial charge on any atom is -0.493 e. The third-order valence-electron chi connectivity index (χ3n) is 2.48. The van der Waals surface area contributed by atoms with Crippen molar-refractivity contribution >= 4 is 0 Å². The van der Waals surface area contributed by atoms with E-state index in [0.717, 1.165) is 17.6 Å². The highest BCUT2D eigenvalue weighted by Crippen LogP contribution is 2.38. The number of hydrogen-bond donors (Lipinski definition) is 1. The van der Waals surface area contributed by atoms with Gasteiger partial charge in [0.15, 0.2) is 11.5 Å². The van der Waals surface area contributed by atoms with Crippen molar-refractivity contribution in [2.45, 2.75) is 20.0 Å². The molecule has 0 aromatic heterocycles. The lowest BCUT2D eigenvalue weighted by Crippen LogP contribution is -2.02. The van der Waals surface area contributed by atoms with Gasteiger partial charge in [0.05, 0.1) is 27.4 Å². The summed E-state index contributed by atoms with van der Waals surface area (Å²) in [5.74, 6) is 1.67. The van der Waals surface area contributed by atoms with Crippen LogP contribution in [0.3, 0.4) is 0 Å². The third kappa shape index (κ3) is 3.67. The van der Waals surface area contributed by atoms with Gasteiger partial charge in [0.25, 0.3) is 0 Å². The number of hydrogen-bond acceptors (Lipinski definition) is 4. The molecule has 0 spiro atoms. The van der Waals surface area contributed by atoms with Gasteiger partial charge < -0.3 is 19.3 Å². The summed E-state index contributed by atoms with van der Waals surface area (Å²) in [4.78, 5) is 0. The van der Waals surface area contributed by atoms with Crippen molar-refractivity contribution in [3.8, 4) is 17.2 Å². The van der Waals surface area contributed by atoms with E-state index in [4.69, 9.17) is 19.3 Å². The van der Waals surface area contributed by atoms with E-state index in [9.17, 15) is 0 Å². The highest BCUT2D eigenvalue weighted by molar-refractivity contribution is 5.53. The highest BCUT2D eigenvalue weighted by atomic mass is 16.5. The first-order valence-electron chi connectivity index (χ1n) is 5.75. The van der Waals surface area contributed by atoms with Gasteiger partial charge in [0.2, 0.25) is 5.75 Å². The summed E-state index contributed by atoms with van der Waals surface area (Å²) in [5, 5.41) is 9.15. The van der Waals surface area contributed by atoms with Crippen LogP contribution in [0.25, 0.3) is 0 Å². The molecule has 0 saturated carbocycles. The maximum Gasteiger partial charge on any atom is 0.203 e. The summed E-state index contributed by atoms with van der Waals surface area (Å²) in [5.41, 5.74) is 1.77. The molecule has 1 rings (SSSR count). The fraction of sp³-hybridized carbons (Fsp3) is 0.429. The molecule has 1 aromatic rings. The lowest BCUT2D eigenvalue weighted by atomic mass is 10.2. The van der Waals surface area contributed by atoms with Crippen molar-refractivity contribution < 1.29 is 19.3 Å². The van der Waals surface area contributed by atoms with Crippen LogP contribution >= 0.6 is 0 Å². The number of aliphatic hydroxyl groups excluding tert-OH is 1. The zero-order chi connectivity index (χ0) is 13.5. The standard InChI is InChI=1S/C14H20O4/c1-10(2)5-6-18-14-12(16-3)7-11(9-15)8-13(14)17-4/h7-8,15H,1,5-6,9H2,2-4H3. The Balaban J connectivity index is 2.95. The van der Waals surface area contributed by atoms with E-state index in [1.807, 2.05) is 6.92 Å². The molecular weight excluding hydrogens is 232 g/mol.